The molecule has 2 amide bonds. The SMILES string of the molecule is CCc1ccc2c(c1)C(CCNC(=O)c1cc(C(=O)O)ccn1)C(=O)N2. The molecule has 1 atom stereocenters. The number of amides is 2. The Balaban J connectivity index is 1.64. The van der Waals surface area contributed by atoms with Crippen LogP contribution in [-0.2, 0) is 11.2 Å². The van der Waals surface area contributed by atoms with Gasteiger partial charge in [-0.15, -0.1) is 0 Å². The smallest absolute Gasteiger partial charge is 0.335 e. The highest BCUT2D eigenvalue weighted by Gasteiger charge is 2.30. The van der Waals surface area contributed by atoms with Crippen molar-refractivity contribution in [3.05, 3.63) is 58.9 Å². The molecule has 1 aromatic heterocycles. The third-order valence-corrected chi connectivity index (χ3v) is 4.43. The quantitative estimate of drug-likeness (QED) is 0.738. The number of aromatic nitrogens is 1. The van der Waals surface area contributed by atoms with Gasteiger partial charge in [-0.25, -0.2) is 4.79 Å². The van der Waals surface area contributed by atoms with Crippen LogP contribution in [0.25, 0.3) is 0 Å². The second-order valence-electron chi connectivity index (χ2n) is 6.10. The van der Waals surface area contributed by atoms with Crippen molar-refractivity contribution < 1.29 is 19.5 Å². The fourth-order valence-corrected chi connectivity index (χ4v) is 2.99. The van der Waals surface area contributed by atoms with Gasteiger partial charge in [-0.3, -0.25) is 14.6 Å². The second kappa shape index (κ2) is 7.35. The summed E-state index contributed by atoms with van der Waals surface area (Å²) in [6, 6.07) is 8.47. The number of hydrogen-bond acceptors (Lipinski definition) is 4. The van der Waals surface area contributed by atoms with E-state index in [4.69, 9.17) is 5.11 Å². The minimum Gasteiger partial charge on any atom is -0.478 e. The van der Waals surface area contributed by atoms with E-state index < -0.39 is 11.9 Å². The molecule has 1 aliphatic rings. The summed E-state index contributed by atoms with van der Waals surface area (Å²) < 4.78 is 0. The minimum atomic E-state index is -1.12. The van der Waals surface area contributed by atoms with Gasteiger partial charge in [0.1, 0.15) is 5.69 Å². The number of carbonyl (C=O) groups excluding carboxylic acids is 2. The molecule has 134 valence electrons. The zero-order valence-electron chi connectivity index (χ0n) is 14.3. The average molecular weight is 353 g/mol. The molecule has 26 heavy (non-hydrogen) atoms. The van der Waals surface area contributed by atoms with E-state index in [9.17, 15) is 14.4 Å². The predicted molar refractivity (Wildman–Crippen MR) is 95.3 cm³/mol. The lowest BCUT2D eigenvalue weighted by Crippen LogP contribution is -2.27. The van der Waals surface area contributed by atoms with Gasteiger partial charge in [0, 0.05) is 18.4 Å². The fraction of sp³-hybridized carbons (Fsp3) is 0.263. The molecule has 0 fully saturated rings. The van der Waals surface area contributed by atoms with E-state index in [0.717, 1.165) is 23.2 Å². The molecule has 2 heterocycles. The molecule has 7 nitrogen and oxygen atoms in total. The lowest BCUT2D eigenvalue weighted by Gasteiger charge is -2.11. The first-order valence-electron chi connectivity index (χ1n) is 8.40. The van der Waals surface area contributed by atoms with Crippen molar-refractivity contribution in [2.45, 2.75) is 25.7 Å². The van der Waals surface area contributed by atoms with E-state index in [1.165, 1.54) is 18.3 Å². The van der Waals surface area contributed by atoms with Gasteiger partial charge in [0.15, 0.2) is 0 Å². The minimum absolute atomic E-state index is 0.00124. The molecule has 0 bridgehead atoms. The standard InChI is InChI=1S/C19H19N3O4/c1-2-11-3-4-15-14(9-11)13(17(23)22-15)6-8-21-18(24)16-10-12(19(25)26)5-7-20-16/h3-5,7,9-10,13H,2,6,8H2,1H3,(H,21,24)(H,22,23)(H,25,26). The van der Waals surface area contributed by atoms with Crippen LogP contribution in [0.1, 0.15) is 51.2 Å². The zero-order chi connectivity index (χ0) is 18.7. The van der Waals surface area contributed by atoms with E-state index in [2.05, 4.69) is 22.5 Å². The van der Waals surface area contributed by atoms with Crippen molar-refractivity contribution in [2.75, 3.05) is 11.9 Å². The number of nitrogens with one attached hydrogen (secondary N) is 2. The number of carboxylic acids is 1. The van der Waals surface area contributed by atoms with Gasteiger partial charge in [-0.1, -0.05) is 19.1 Å². The van der Waals surface area contributed by atoms with Crippen LogP contribution in [0, 0.1) is 0 Å². The van der Waals surface area contributed by atoms with Gasteiger partial charge < -0.3 is 15.7 Å². The van der Waals surface area contributed by atoms with Crippen molar-refractivity contribution in [2.24, 2.45) is 0 Å². The number of aromatic carboxylic acids is 1. The van der Waals surface area contributed by atoms with Gasteiger partial charge in [0.05, 0.1) is 11.5 Å². The molecule has 0 radical (unpaired) electrons. The lowest BCUT2D eigenvalue weighted by molar-refractivity contribution is -0.117. The molecule has 1 unspecified atom stereocenters. The summed E-state index contributed by atoms with van der Waals surface area (Å²) in [5.41, 5.74) is 2.97. The summed E-state index contributed by atoms with van der Waals surface area (Å²) in [7, 11) is 0. The second-order valence-corrected chi connectivity index (χ2v) is 6.10. The Labute approximate surface area is 150 Å². The lowest BCUT2D eigenvalue weighted by atomic mass is 9.95. The molecule has 0 spiro atoms. The van der Waals surface area contributed by atoms with Crippen LogP contribution in [-0.4, -0.2) is 34.4 Å². The largest absolute Gasteiger partial charge is 0.478 e. The maximum atomic E-state index is 12.2. The highest BCUT2D eigenvalue weighted by molar-refractivity contribution is 6.03. The molecule has 7 heteroatoms. The summed E-state index contributed by atoms with van der Waals surface area (Å²) in [6.07, 6.45) is 2.62. The molecule has 0 aliphatic carbocycles. The third kappa shape index (κ3) is 3.56. The first-order valence-corrected chi connectivity index (χ1v) is 8.40. The molecule has 1 aliphatic heterocycles. The van der Waals surface area contributed by atoms with Crippen LogP contribution < -0.4 is 10.6 Å². The van der Waals surface area contributed by atoms with Crippen molar-refractivity contribution in [1.82, 2.24) is 10.3 Å². The van der Waals surface area contributed by atoms with E-state index >= 15 is 0 Å². The fourth-order valence-electron chi connectivity index (χ4n) is 2.99. The monoisotopic (exact) mass is 353 g/mol. The number of carboxylic acid groups (broad SMARTS) is 1. The summed E-state index contributed by atoms with van der Waals surface area (Å²) in [5, 5.41) is 14.5. The van der Waals surface area contributed by atoms with Gasteiger partial charge >= 0.3 is 5.97 Å². The number of pyridine rings is 1. The summed E-state index contributed by atoms with van der Waals surface area (Å²) in [4.78, 5) is 39.2. The van der Waals surface area contributed by atoms with Crippen LogP contribution in [0.4, 0.5) is 5.69 Å². The van der Waals surface area contributed by atoms with Crippen LogP contribution >= 0.6 is 0 Å². The Morgan fingerprint density at radius 2 is 2.08 bits per heavy atom. The van der Waals surface area contributed by atoms with Gasteiger partial charge in [-0.05, 0) is 42.2 Å². The highest BCUT2D eigenvalue weighted by atomic mass is 16.4. The molecule has 1 aromatic carbocycles. The summed E-state index contributed by atoms with van der Waals surface area (Å²) in [5.74, 6) is -1.97. The van der Waals surface area contributed by atoms with Gasteiger partial charge in [-0.2, -0.15) is 0 Å². The molecular weight excluding hydrogens is 334 g/mol. The summed E-state index contributed by atoms with van der Waals surface area (Å²) in [6.45, 7) is 2.34. The van der Waals surface area contributed by atoms with Crippen molar-refractivity contribution in [3.8, 4) is 0 Å². The van der Waals surface area contributed by atoms with Gasteiger partial charge in [0.25, 0.3) is 5.91 Å². The maximum absolute atomic E-state index is 12.2. The van der Waals surface area contributed by atoms with Crippen LogP contribution in [0.15, 0.2) is 36.5 Å². The van der Waals surface area contributed by atoms with Crippen LogP contribution in [0.2, 0.25) is 0 Å². The highest BCUT2D eigenvalue weighted by Crippen LogP contribution is 2.35. The maximum Gasteiger partial charge on any atom is 0.335 e. The Kier molecular flexibility index (Phi) is 4.97. The number of fused-ring (bicyclic) bond motifs is 1. The Morgan fingerprint density at radius 1 is 1.27 bits per heavy atom. The molecule has 0 saturated carbocycles. The number of benzene rings is 1. The van der Waals surface area contributed by atoms with E-state index in [1.807, 2.05) is 18.2 Å². The van der Waals surface area contributed by atoms with E-state index in [0.29, 0.717) is 6.42 Å². The van der Waals surface area contributed by atoms with Crippen LogP contribution in [0.3, 0.4) is 0 Å². The number of hydrogen-bond donors (Lipinski definition) is 3. The number of aryl methyl sites for hydroxylation is 1. The van der Waals surface area contributed by atoms with E-state index in [1.54, 1.807) is 0 Å². The Bertz CT molecular complexity index is 879. The molecule has 3 N–H and O–H groups in total. The zero-order valence-corrected chi connectivity index (χ0v) is 14.3. The number of anilines is 1. The summed E-state index contributed by atoms with van der Waals surface area (Å²) >= 11 is 0. The van der Waals surface area contributed by atoms with Crippen LogP contribution in [0.5, 0.6) is 0 Å². The Hall–Kier alpha value is -3.22. The molecule has 0 saturated heterocycles. The first kappa shape index (κ1) is 17.6. The number of rotatable bonds is 6. The third-order valence-electron chi connectivity index (χ3n) is 4.43. The average Bonchev–Trinajstić information content (AvgIpc) is 2.96. The van der Waals surface area contributed by atoms with Crippen molar-refractivity contribution >= 4 is 23.5 Å². The topological polar surface area (TPSA) is 108 Å². The van der Waals surface area contributed by atoms with Crippen molar-refractivity contribution in [1.29, 1.82) is 0 Å². The number of nitrogens with zero attached hydrogens (tertiary/aromatic N) is 1. The normalized spacial score (nSPS) is 15.3. The first-order chi connectivity index (χ1) is 12.5. The molecule has 3 rings (SSSR count). The molecule has 2 aromatic rings. The Morgan fingerprint density at radius 3 is 2.81 bits per heavy atom. The van der Waals surface area contributed by atoms with Gasteiger partial charge in [0.2, 0.25) is 5.91 Å². The van der Waals surface area contributed by atoms with E-state index in [-0.39, 0.29) is 29.6 Å². The number of carbonyl (C=O) groups is 3. The predicted octanol–water partition coefficient (Wildman–Crippen LogP) is 2.20. The van der Waals surface area contributed by atoms with Crippen molar-refractivity contribution in [3.63, 3.8) is 0 Å². The molecular formula is C19H19N3O4.